The number of carbonyl (C=O) groups excluding carboxylic acids is 5. The Hall–Kier alpha value is -3.51. The first-order valence-electron chi connectivity index (χ1n) is 14.1. The van der Waals surface area contributed by atoms with E-state index in [4.69, 9.17) is 15.2 Å². The molecule has 1 atom stereocenters. The van der Waals surface area contributed by atoms with Gasteiger partial charge in [-0.3, -0.25) is 24.0 Å². The molecule has 1 aromatic rings. The van der Waals surface area contributed by atoms with Gasteiger partial charge in [0.15, 0.2) is 0 Å². The lowest BCUT2D eigenvalue weighted by atomic mass is 10.0. The highest BCUT2D eigenvalue weighted by molar-refractivity contribution is 5.99. The van der Waals surface area contributed by atoms with E-state index in [2.05, 4.69) is 35.1 Å². The molecule has 1 aromatic carbocycles. The van der Waals surface area contributed by atoms with E-state index in [-0.39, 0.29) is 62.6 Å². The molecule has 1 rings (SSSR count). The van der Waals surface area contributed by atoms with Gasteiger partial charge in [0.25, 0.3) is 5.91 Å². The Labute approximate surface area is 242 Å². The van der Waals surface area contributed by atoms with Gasteiger partial charge < -0.3 is 36.5 Å². The number of rotatable bonds is 18. The highest BCUT2D eigenvalue weighted by atomic mass is 16.5. The van der Waals surface area contributed by atoms with Crippen LogP contribution in [0.5, 0.6) is 0 Å². The molecule has 0 aromatic heterocycles. The van der Waals surface area contributed by atoms with Crippen molar-refractivity contribution in [3.63, 3.8) is 0 Å². The van der Waals surface area contributed by atoms with E-state index in [1.807, 2.05) is 0 Å². The Bertz CT molecular complexity index is 1030. The lowest BCUT2D eigenvalue weighted by molar-refractivity contribution is -0.148. The molecule has 0 aliphatic carbocycles. The average molecular weight is 578 g/mol. The summed E-state index contributed by atoms with van der Waals surface area (Å²) in [5, 5.41) is 10.6. The van der Waals surface area contributed by atoms with E-state index in [1.54, 1.807) is 39.8 Å². The minimum absolute atomic E-state index is 0.112. The van der Waals surface area contributed by atoms with Crippen LogP contribution < -0.4 is 27.0 Å². The normalized spacial score (nSPS) is 11.8. The number of esters is 1. The zero-order valence-electron chi connectivity index (χ0n) is 25.1. The predicted molar refractivity (Wildman–Crippen MR) is 156 cm³/mol. The van der Waals surface area contributed by atoms with Crippen LogP contribution in [0, 0.1) is 17.8 Å². The molecule has 0 aliphatic heterocycles. The van der Waals surface area contributed by atoms with Crippen LogP contribution in [0.25, 0.3) is 0 Å². The summed E-state index contributed by atoms with van der Waals surface area (Å²) in [4.78, 5) is 62.2. The molecule has 12 nitrogen and oxygen atoms in total. The molecule has 0 radical (unpaired) electrons. The Morgan fingerprint density at radius 2 is 1.63 bits per heavy atom. The second-order valence-corrected chi connectivity index (χ2v) is 10.8. The second kappa shape index (κ2) is 18.8. The summed E-state index contributed by atoms with van der Waals surface area (Å²) < 4.78 is 10.7. The van der Waals surface area contributed by atoms with Crippen LogP contribution in [-0.4, -0.2) is 68.5 Å². The second-order valence-electron chi connectivity index (χ2n) is 10.8. The van der Waals surface area contributed by atoms with Crippen LogP contribution >= 0.6 is 0 Å². The molecule has 0 aliphatic rings. The fourth-order valence-electron chi connectivity index (χ4n) is 3.44. The summed E-state index contributed by atoms with van der Waals surface area (Å²) >= 11 is 0. The third-order valence-electron chi connectivity index (χ3n) is 5.91. The first-order valence-corrected chi connectivity index (χ1v) is 14.1. The van der Waals surface area contributed by atoms with Crippen molar-refractivity contribution < 1.29 is 33.4 Å². The monoisotopic (exact) mass is 577 g/mol. The molecule has 0 bridgehead atoms. The molecule has 230 valence electrons. The van der Waals surface area contributed by atoms with E-state index in [0.29, 0.717) is 23.8 Å². The lowest BCUT2D eigenvalue weighted by Gasteiger charge is -2.21. The molecule has 12 heteroatoms. The SMILES string of the molecule is CC(C)CCOCCC(=O)NC(C(=O)NCC(=O)Nc1ccc(COC(=O)C(C)C)c(C(=O)NCCN)c1)C(C)C. The molecule has 6 N–H and O–H groups in total. The fraction of sp³-hybridized carbons (Fsp3) is 0.621. The van der Waals surface area contributed by atoms with Gasteiger partial charge in [-0.05, 0) is 30.4 Å². The summed E-state index contributed by atoms with van der Waals surface area (Å²) in [5.74, 6) is -2.20. The highest BCUT2D eigenvalue weighted by Gasteiger charge is 2.24. The van der Waals surface area contributed by atoms with Crippen LogP contribution in [0.2, 0.25) is 0 Å². The maximum atomic E-state index is 12.7. The van der Waals surface area contributed by atoms with Gasteiger partial charge in [-0.1, -0.05) is 47.6 Å². The zero-order valence-corrected chi connectivity index (χ0v) is 25.1. The number of hydrogen-bond acceptors (Lipinski definition) is 8. The van der Waals surface area contributed by atoms with E-state index < -0.39 is 29.7 Å². The van der Waals surface area contributed by atoms with Gasteiger partial charge in [-0.15, -0.1) is 0 Å². The Kier molecular flexibility index (Phi) is 16.3. The molecule has 1 unspecified atom stereocenters. The summed E-state index contributed by atoms with van der Waals surface area (Å²) in [7, 11) is 0. The smallest absolute Gasteiger partial charge is 0.308 e. The van der Waals surface area contributed by atoms with Gasteiger partial charge >= 0.3 is 5.97 Å². The van der Waals surface area contributed by atoms with E-state index in [9.17, 15) is 24.0 Å². The van der Waals surface area contributed by atoms with Crippen molar-refractivity contribution >= 4 is 35.3 Å². The Balaban J connectivity index is 2.75. The number of hydrogen-bond donors (Lipinski definition) is 5. The number of carbonyl (C=O) groups is 5. The summed E-state index contributed by atoms with van der Waals surface area (Å²) in [5.41, 5.74) is 6.47. The van der Waals surface area contributed by atoms with Gasteiger partial charge in [-0.2, -0.15) is 0 Å². The highest BCUT2D eigenvalue weighted by Crippen LogP contribution is 2.18. The van der Waals surface area contributed by atoms with Crippen molar-refractivity contribution in [3.8, 4) is 0 Å². The molecule has 0 spiro atoms. The quantitative estimate of drug-likeness (QED) is 0.129. The molecule has 41 heavy (non-hydrogen) atoms. The van der Waals surface area contributed by atoms with Crippen LogP contribution in [0.1, 0.15) is 70.3 Å². The summed E-state index contributed by atoms with van der Waals surface area (Å²) in [6.45, 7) is 12.0. The number of nitrogens with two attached hydrogens (primary N) is 1. The van der Waals surface area contributed by atoms with Crippen LogP contribution in [0.15, 0.2) is 18.2 Å². The lowest BCUT2D eigenvalue weighted by Crippen LogP contribution is -2.51. The molecular weight excluding hydrogens is 530 g/mol. The first-order chi connectivity index (χ1) is 19.3. The van der Waals surface area contributed by atoms with Crippen LogP contribution in [-0.2, 0) is 35.3 Å². The van der Waals surface area contributed by atoms with Crippen molar-refractivity contribution in [2.45, 2.75) is 67.0 Å². The fourth-order valence-corrected chi connectivity index (χ4v) is 3.44. The van der Waals surface area contributed by atoms with Gasteiger partial charge in [-0.25, -0.2) is 0 Å². The van der Waals surface area contributed by atoms with E-state index >= 15 is 0 Å². The van der Waals surface area contributed by atoms with Crippen molar-refractivity contribution in [1.82, 2.24) is 16.0 Å². The largest absolute Gasteiger partial charge is 0.461 e. The number of ether oxygens (including phenoxy) is 2. The standard InChI is InChI=1S/C29H47N5O7/c1-18(2)9-13-40-14-10-24(35)34-26(19(3)4)28(38)32-16-25(36)33-22-8-7-21(17-41-29(39)20(5)6)23(15-22)27(37)31-12-11-30/h7-8,15,18-20,26H,9-14,16-17,30H2,1-6H3,(H,31,37)(H,32,38)(H,33,36)(H,34,35). The Morgan fingerprint density at radius 3 is 2.24 bits per heavy atom. The number of nitrogens with one attached hydrogen (secondary N) is 4. The summed E-state index contributed by atoms with van der Waals surface area (Å²) in [6, 6.07) is 3.79. The molecule has 0 saturated heterocycles. The first kappa shape index (κ1) is 35.5. The Morgan fingerprint density at radius 1 is 0.927 bits per heavy atom. The maximum absolute atomic E-state index is 12.7. The predicted octanol–water partition coefficient (Wildman–Crippen LogP) is 1.72. The third-order valence-corrected chi connectivity index (χ3v) is 5.91. The van der Waals surface area contributed by atoms with Gasteiger partial charge in [0.2, 0.25) is 17.7 Å². The average Bonchev–Trinajstić information content (AvgIpc) is 2.91. The molecular formula is C29H47N5O7. The number of amides is 4. The van der Waals surface area contributed by atoms with E-state index in [1.165, 1.54) is 6.07 Å². The minimum atomic E-state index is -0.823. The third kappa shape index (κ3) is 14.1. The topological polar surface area (TPSA) is 178 Å². The molecule has 0 heterocycles. The minimum Gasteiger partial charge on any atom is -0.461 e. The van der Waals surface area contributed by atoms with Gasteiger partial charge in [0.05, 0.1) is 19.1 Å². The van der Waals surface area contributed by atoms with Crippen molar-refractivity contribution in [1.29, 1.82) is 0 Å². The maximum Gasteiger partial charge on any atom is 0.308 e. The molecule has 4 amide bonds. The zero-order chi connectivity index (χ0) is 30.9. The van der Waals surface area contributed by atoms with Crippen molar-refractivity contribution in [2.75, 3.05) is 38.2 Å². The summed E-state index contributed by atoms with van der Waals surface area (Å²) in [6.07, 6.45) is 1.03. The van der Waals surface area contributed by atoms with Crippen LogP contribution in [0.3, 0.4) is 0 Å². The molecule has 0 fully saturated rings. The van der Waals surface area contributed by atoms with Gasteiger partial charge in [0, 0.05) is 42.9 Å². The van der Waals surface area contributed by atoms with Crippen LogP contribution in [0.4, 0.5) is 5.69 Å². The molecule has 0 saturated carbocycles. The number of benzene rings is 1. The van der Waals surface area contributed by atoms with E-state index in [0.717, 1.165) is 6.42 Å². The van der Waals surface area contributed by atoms with Crippen molar-refractivity contribution in [2.24, 2.45) is 23.5 Å². The number of anilines is 1. The van der Waals surface area contributed by atoms with Crippen molar-refractivity contribution in [3.05, 3.63) is 29.3 Å². The van der Waals surface area contributed by atoms with Gasteiger partial charge in [0.1, 0.15) is 12.6 Å².